The smallest absolute Gasteiger partial charge is 0.118 e. The Morgan fingerprint density at radius 2 is 1.71 bits per heavy atom. The van der Waals surface area contributed by atoms with Crippen LogP contribution in [0.5, 0.6) is 5.75 Å². The zero-order valence-corrected chi connectivity index (χ0v) is 14.1. The van der Waals surface area contributed by atoms with Crippen molar-refractivity contribution in [1.82, 2.24) is 4.98 Å². The number of hydrogen-bond donors (Lipinski definition) is 1. The summed E-state index contributed by atoms with van der Waals surface area (Å²) in [6.45, 7) is 3.05. The van der Waals surface area contributed by atoms with Crippen LogP contribution in [0.4, 0.5) is 5.69 Å². The second kappa shape index (κ2) is 7.64. The van der Waals surface area contributed by atoms with Gasteiger partial charge in [-0.25, -0.2) is 0 Å². The van der Waals surface area contributed by atoms with Crippen molar-refractivity contribution < 1.29 is 4.74 Å². The average Bonchev–Trinajstić information content (AvgIpc) is 2.63. The van der Waals surface area contributed by atoms with Crippen molar-refractivity contribution in [2.75, 3.05) is 19.0 Å². The number of anilines is 1. The van der Waals surface area contributed by atoms with Crippen LogP contribution in [0.3, 0.4) is 0 Å². The summed E-state index contributed by atoms with van der Waals surface area (Å²) < 4.78 is 5.18. The fraction of sp³-hybridized carbons (Fsp3) is 0.190. The lowest BCUT2D eigenvalue weighted by atomic mass is 10.0. The van der Waals surface area contributed by atoms with Gasteiger partial charge < -0.3 is 10.1 Å². The predicted molar refractivity (Wildman–Crippen MR) is 99.6 cm³/mol. The lowest BCUT2D eigenvalue weighted by Gasteiger charge is -2.11. The van der Waals surface area contributed by atoms with Gasteiger partial charge in [0.25, 0.3) is 0 Å². The van der Waals surface area contributed by atoms with Crippen LogP contribution >= 0.6 is 0 Å². The van der Waals surface area contributed by atoms with Crippen molar-refractivity contribution in [3.8, 4) is 16.9 Å². The molecule has 24 heavy (non-hydrogen) atoms. The highest BCUT2D eigenvalue weighted by Crippen LogP contribution is 2.25. The third-order valence-corrected chi connectivity index (χ3v) is 4.12. The first-order valence-corrected chi connectivity index (χ1v) is 8.14. The van der Waals surface area contributed by atoms with Gasteiger partial charge in [-0.15, -0.1) is 0 Å². The third kappa shape index (κ3) is 3.93. The van der Waals surface area contributed by atoms with E-state index in [1.54, 1.807) is 7.11 Å². The molecule has 0 saturated carbocycles. The molecule has 3 aromatic rings. The Bertz CT molecular complexity index is 783. The van der Waals surface area contributed by atoms with Crippen LogP contribution < -0.4 is 10.1 Å². The summed E-state index contributed by atoms with van der Waals surface area (Å²) in [6, 6.07) is 18.8. The molecular weight excluding hydrogens is 296 g/mol. The predicted octanol–water partition coefficient (Wildman–Crippen LogP) is 4.72. The monoisotopic (exact) mass is 318 g/mol. The molecule has 0 unspecified atom stereocenters. The summed E-state index contributed by atoms with van der Waals surface area (Å²) in [4.78, 5) is 4.08. The quantitative estimate of drug-likeness (QED) is 0.714. The second-order valence-corrected chi connectivity index (χ2v) is 5.79. The van der Waals surface area contributed by atoms with E-state index in [-0.39, 0.29) is 0 Å². The first kappa shape index (κ1) is 16.1. The maximum absolute atomic E-state index is 5.18. The average molecular weight is 318 g/mol. The van der Waals surface area contributed by atoms with Crippen LogP contribution in [-0.2, 0) is 6.42 Å². The Morgan fingerprint density at radius 3 is 2.38 bits per heavy atom. The van der Waals surface area contributed by atoms with Crippen LogP contribution in [0.25, 0.3) is 11.1 Å². The molecule has 0 fully saturated rings. The van der Waals surface area contributed by atoms with Crippen LogP contribution in [0.2, 0.25) is 0 Å². The van der Waals surface area contributed by atoms with E-state index in [1.165, 1.54) is 22.3 Å². The molecule has 1 aromatic heterocycles. The fourth-order valence-electron chi connectivity index (χ4n) is 2.77. The first-order valence-electron chi connectivity index (χ1n) is 8.14. The number of hydrogen-bond acceptors (Lipinski definition) is 3. The Labute approximate surface area is 143 Å². The molecule has 0 amide bonds. The van der Waals surface area contributed by atoms with E-state index in [1.807, 2.05) is 36.7 Å². The normalized spacial score (nSPS) is 10.4. The molecule has 0 aliphatic rings. The Hall–Kier alpha value is -2.81. The van der Waals surface area contributed by atoms with E-state index in [2.05, 4.69) is 47.6 Å². The van der Waals surface area contributed by atoms with E-state index in [9.17, 15) is 0 Å². The molecule has 1 heterocycles. The lowest BCUT2D eigenvalue weighted by molar-refractivity contribution is 0.414. The van der Waals surface area contributed by atoms with Gasteiger partial charge >= 0.3 is 0 Å². The molecule has 0 aliphatic heterocycles. The van der Waals surface area contributed by atoms with E-state index in [4.69, 9.17) is 4.74 Å². The number of aromatic nitrogens is 1. The highest BCUT2D eigenvalue weighted by atomic mass is 16.5. The van der Waals surface area contributed by atoms with E-state index < -0.39 is 0 Å². The molecule has 0 aliphatic carbocycles. The first-order chi connectivity index (χ1) is 11.8. The molecule has 2 aromatic carbocycles. The summed E-state index contributed by atoms with van der Waals surface area (Å²) in [5.41, 5.74) is 6.16. The Morgan fingerprint density at radius 1 is 0.958 bits per heavy atom. The SMILES string of the molecule is COc1ccc(CCNc2ccc(-c3ccncc3)c(C)c2)cc1. The van der Waals surface area contributed by atoms with Gasteiger partial charge in [0.1, 0.15) is 5.75 Å². The minimum absolute atomic E-state index is 0.897. The molecule has 0 bridgehead atoms. The van der Waals surface area contributed by atoms with Gasteiger partial charge in [-0.2, -0.15) is 0 Å². The van der Waals surface area contributed by atoms with Crippen molar-refractivity contribution >= 4 is 5.69 Å². The second-order valence-electron chi connectivity index (χ2n) is 5.79. The molecule has 3 rings (SSSR count). The number of ether oxygens (including phenoxy) is 1. The van der Waals surface area contributed by atoms with Crippen LogP contribution in [0.15, 0.2) is 67.0 Å². The number of aryl methyl sites for hydroxylation is 1. The van der Waals surface area contributed by atoms with Crippen LogP contribution in [0, 0.1) is 6.92 Å². The van der Waals surface area contributed by atoms with Crippen molar-refractivity contribution in [3.05, 3.63) is 78.1 Å². The maximum atomic E-state index is 5.18. The van der Waals surface area contributed by atoms with Crippen molar-refractivity contribution in [2.45, 2.75) is 13.3 Å². The van der Waals surface area contributed by atoms with E-state index >= 15 is 0 Å². The molecule has 0 spiro atoms. The summed E-state index contributed by atoms with van der Waals surface area (Å²) in [5, 5.41) is 3.50. The number of methoxy groups -OCH3 is 1. The molecule has 0 radical (unpaired) electrons. The molecular formula is C21H22N2O. The van der Waals surface area contributed by atoms with Gasteiger partial charge in [0.15, 0.2) is 0 Å². The van der Waals surface area contributed by atoms with Gasteiger partial charge in [0.2, 0.25) is 0 Å². The molecule has 0 saturated heterocycles. The van der Waals surface area contributed by atoms with E-state index in [0.29, 0.717) is 0 Å². The minimum atomic E-state index is 0.897. The highest BCUT2D eigenvalue weighted by Gasteiger charge is 2.03. The van der Waals surface area contributed by atoms with Gasteiger partial charge in [-0.1, -0.05) is 18.2 Å². The molecule has 0 atom stereocenters. The minimum Gasteiger partial charge on any atom is -0.497 e. The molecule has 122 valence electrons. The van der Waals surface area contributed by atoms with Gasteiger partial charge in [-0.05, 0) is 72.0 Å². The molecule has 1 N–H and O–H groups in total. The maximum Gasteiger partial charge on any atom is 0.118 e. The van der Waals surface area contributed by atoms with Gasteiger partial charge in [-0.3, -0.25) is 4.98 Å². The number of nitrogens with one attached hydrogen (secondary N) is 1. The topological polar surface area (TPSA) is 34.1 Å². The Balaban J connectivity index is 1.60. The Kier molecular flexibility index (Phi) is 5.12. The fourth-order valence-corrected chi connectivity index (χ4v) is 2.77. The zero-order valence-electron chi connectivity index (χ0n) is 14.1. The summed E-state index contributed by atoms with van der Waals surface area (Å²) in [5.74, 6) is 0.897. The van der Waals surface area contributed by atoms with Gasteiger partial charge in [0, 0.05) is 24.6 Å². The highest BCUT2D eigenvalue weighted by molar-refractivity contribution is 5.69. The van der Waals surface area contributed by atoms with Crippen molar-refractivity contribution in [3.63, 3.8) is 0 Å². The van der Waals surface area contributed by atoms with Crippen LogP contribution in [0.1, 0.15) is 11.1 Å². The largest absolute Gasteiger partial charge is 0.497 e. The third-order valence-electron chi connectivity index (χ3n) is 4.12. The van der Waals surface area contributed by atoms with Crippen LogP contribution in [-0.4, -0.2) is 18.6 Å². The zero-order chi connectivity index (χ0) is 16.8. The standard InChI is InChI=1S/C21H22N2O/c1-16-15-19(5-8-21(16)18-10-12-22-13-11-18)23-14-9-17-3-6-20(24-2)7-4-17/h3-8,10-13,15,23H,9,14H2,1-2H3. The summed E-state index contributed by atoms with van der Waals surface area (Å²) >= 11 is 0. The van der Waals surface area contributed by atoms with Crippen molar-refractivity contribution in [2.24, 2.45) is 0 Å². The van der Waals surface area contributed by atoms with Gasteiger partial charge in [0.05, 0.1) is 7.11 Å². The summed E-state index contributed by atoms with van der Waals surface area (Å²) in [7, 11) is 1.69. The number of rotatable bonds is 6. The van der Waals surface area contributed by atoms with Crippen molar-refractivity contribution in [1.29, 1.82) is 0 Å². The van der Waals surface area contributed by atoms with E-state index in [0.717, 1.165) is 24.4 Å². The number of benzene rings is 2. The number of nitrogens with zero attached hydrogens (tertiary/aromatic N) is 1. The molecule has 3 nitrogen and oxygen atoms in total. The molecule has 3 heteroatoms. The lowest BCUT2D eigenvalue weighted by Crippen LogP contribution is -2.05. The summed E-state index contributed by atoms with van der Waals surface area (Å²) in [6.07, 6.45) is 4.64. The number of pyridine rings is 1.